The van der Waals surface area contributed by atoms with Crippen molar-refractivity contribution in [2.45, 2.75) is 56.7 Å². The molecule has 1 aromatic carbocycles. The molecular weight excluding hydrogens is 220 g/mol. The maximum absolute atomic E-state index is 6.67. The van der Waals surface area contributed by atoms with Gasteiger partial charge in [-0.15, -0.1) is 0 Å². The monoisotopic (exact) mass is 244 g/mol. The molecule has 2 heteroatoms. The van der Waals surface area contributed by atoms with Gasteiger partial charge in [0.1, 0.15) is 0 Å². The summed E-state index contributed by atoms with van der Waals surface area (Å²) in [5.41, 5.74) is 8.19. The Balaban J connectivity index is 1.71. The van der Waals surface area contributed by atoms with Crippen LogP contribution in [0.4, 0.5) is 0 Å². The van der Waals surface area contributed by atoms with Crippen molar-refractivity contribution >= 4 is 0 Å². The Morgan fingerprint density at radius 1 is 1.11 bits per heavy atom. The predicted octanol–water partition coefficient (Wildman–Crippen LogP) is 2.92. The molecule has 1 saturated carbocycles. The molecule has 1 aliphatic carbocycles. The Hall–Kier alpha value is -0.860. The first-order valence-electron chi connectivity index (χ1n) is 7.35. The Bertz CT molecular complexity index is 381. The van der Waals surface area contributed by atoms with Gasteiger partial charge in [-0.3, -0.25) is 4.90 Å². The molecular formula is C16H24N2. The fourth-order valence-corrected chi connectivity index (χ4v) is 3.85. The van der Waals surface area contributed by atoms with Gasteiger partial charge >= 0.3 is 0 Å². The van der Waals surface area contributed by atoms with E-state index in [2.05, 4.69) is 35.2 Å². The fraction of sp³-hybridized carbons (Fsp3) is 0.625. The van der Waals surface area contributed by atoms with Crippen LogP contribution in [0.3, 0.4) is 0 Å². The van der Waals surface area contributed by atoms with Crippen molar-refractivity contribution in [3.8, 4) is 0 Å². The number of benzene rings is 1. The van der Waals surface area contributed by atoms with Crippen LogP contribution in [0.15, 0.2) is 30.3 Å². The Morgan fingerprint density at radius 3 is 2.56 bits per heavy atom. The highest BCUT2D eigenvalue weighted by Gasteiger charge is 2.42. The van der Waals surface area contributed by atoms with Crippen molar-refractivity contribution in [2.75, 3.05) is 6.54 Å². The van der Waals surface area contributed by atoms with E-state index in [9.17, 15) is 0 Å². The lowest BCUT2D eigenvalue weighted by Gasteiger charge is -2.37. The zero-order valence-corrected chi connectivity index (χ0v) is 11.1. The smallest absolute Gasteiger partial charge is 0.0312 e. The van der Waals surface area contributed by atoms with Crippen LogP contribution < -0.4 is 5.73 Å². The van der Waals surface area contributed by atoms with Gasteiger partial charge in [0.05, 0.1) is 0 Å². The number of rotatable bonds is 3. The minimum atomic E-state index is 0.102. The topological polar surface area (TPSA) is 29.3 Å². The molecule has 1 heterocycles. The van der Waals surface area contributed by atoms with E-state index >= 15 is 0 Å². The Labute approximate surface area is 110 Å². The molecule has 0 bridgehead atoms. The normalized spacial score (nSPS) is 27.7. The average molecular weight is 244 g/mol. The lowest BCUT2D eigenvalue weighted by molar-refractivity contribution is 0.157. The second-order valence-corrected chi connectivity index (χ2v) is 6.05. The largest absolute Gasteiger partial charge is 0.324 e. The highest BCUT2D eigenvalue weighted by molar-refractivity contribution is 5.15. The van der Waals surface area contributed by atoms with Crippen LogP contribution >= 0.6 is 0 Å². The third-order valence-electron chi connectivity index (χ3n) is 4.79. The van der Waals surface area contributed by atoms with Crippen molar-refractivity contribution in [1.82, 2.24) is 4.90 Å². The first-order chi connectivity index (χ1) is 8.78. The third kappa shape index (κ3) is 2.32. The average Bonchev–Trinajstić information content (AvgIpc) is 3.00. The van der Waals surface area contributed by atoms with Crippen LogP contribution in [0.5, 0.6) is 0 Å². The summed E-state index contributed by atoms with van der Waals surface area (Å²) in [6.07, 6.45) is 7.71. The minimum Gasteiger partial charge on any atom is -0.324 e. The van der Waals surface area contributed by atoms with Crippen LogP contribution in [0.1, 0.15) is 44.1 Å². The van der Waals surface area contributed by atoms with Crippen LogP contribution in [-0.2, 0) is 6.54 Å². The zero-order valence-electron chi connectivity index (χ0n) is 11.1. The van der Waals surface area contributed by atoms with E-state index in [-0.39, 0.29) is 5.54 Å². The van der Waals surface area contributed by atoms with E-state index in [4.69, 9.17) is 5.73 Å². The molecule has 1 atom stereocenters. The van der Waals surface area contributed by atoms with Gasteiger partial charge in [-0.2, -0.15) is 0 Å². The summed E-state index contributed by atoms with van der Waals surface area (Å²) >= 11 is 0. The highest BCUT2D eigenvalue weighted by Crippen LogP contribution is 2.37. The zero-order chi connectivity index (χ0) is 12.4. The predicted molar refractivity (Wildman–Crippen MR) is 75.3 cm³/mol. The Kier molecular flexibility index (Phi) is 3.40. The summed E-state index contributed by atoms with van der Waals surface area (Å²) in [6.45, 7) is 2.29. The van der Waals surface area contributed by atoms with Crippen molar-refractivity contribution in [1.29, 1.82) is 0 Å². The van der Waals surface area contributed by atoms with E-state index in [0.717, 1.165) is 6.54 Å². The molecule has 18 heavy (non-hydrogen) atoms. The van der Waals surface area contributed by atoms with Gasteiger partial charge in [0.25, 0.3) is 0 Å². The molecule has 1 aromatic rings. The highest BCUT2D eigenvalue weighted by atomic mass is 15.2. The van der Waals surface area contributed by atoms with E-state index in [1.807, 2.05) is 0 Å². The number of hydrogen-bond donors (Lipinski definition) is 1. The number of nitrogens with two attached hydrogens (primary N) is 1. The van der Waals surface area contributed by atoms with Crippen molar-refractivity contribution in [2.24, 2.45) is 5.73 Å². The minimum absolute atomic E-state index is 0.102. The van der Waals surface area contributed by atoms with Crippen LogP contribution in [0, 0.1) is 0 Å². The van der Waals surface area contributed by atoms with Gasteiger partial charge in [0.2, 0.25) is 0 Å². The maximum atomic E-state index is 6.67. The van der Waals surface area contributed by atoms with Crippen LogP contribution in [-0.4, -0.2) is 23.0 Å². The van der Waals surface area contributed by atoms with E-state index < -0.39 is 0 Å². The van der Waals surface area contributed by atoms with Gasteiger partial charge in [-0.05, 0) is 37.8 Å². The van der Waals surface area contributed by atoms with Crippen molar-refractivity contribution in [3.05, 3.63) is 35.9 Å². The first-order valence-corrected chi connectivity index (χ1v) is 7.35. The quantitative estimate of drug-likeness (QED) is 0.886. The molecule has 2 fully saturated rings. The lowest BCUT2D eigenvalue weighted by Crippen LogP contribution is -2.54. The van der Waals surface area contributed by atoms with Gasteiger partial charge in [-0.25, -0.2) is 0 Å². The second-order valence-electron chi connectivity index (χ2n) is 6.05. The van der Waals surface area contributed by atoms with Gasteiger partial charge in [-0.1, -0.05) is 43.2 Å². The third-order valence-corrected chi connectivity index (χ3v) is 4.79. The standard InChI is InChI=1S/C16H24N2/c17-16(10-4-5-11-16)15-9-6-12-18(15)13-14-7-2-1-3-8-14/h1-3,7-8,15H,4-6,9-13,17H2. The fourth-order valence-electron chi connectivity index (χ4n) is 3.85. The summed E-state index contributed by atoms with van der Waals surface area (Å²) < 4.78 is 0. The Morgan fingerprint density at radius 2 is 1.83 bits per heavy atom. The van der Waals surface area contributed by atoms with E-state index in [1.165, 1.54) is 50.6 Å². The molecule has 98 valence electrons. The number of nitrogens with zero attached hydrogens (tertiary/aromatic N) is 1. The second kappa shape index (κ2) is 5.02. The van der Waals surface area contributed by atoms with E-state index in [0.29, 0.717) is 6.04 Å². The molecule has 1 aliphatic heterocycles. The summed E-state index contributed by atoms with van der Waals surface area (Å²) in [6, 6.07) is 11.4. The number of likely N-dealkylation sites (tertiary alicyclic amines) is 1. The molecule has 2 N–H and O–H groups in total. The van der Waals surface area contributed by atoms with Crippen molar-refractivity contribution in [3.63, 3.8) is 0 Å². The summed E-state index contributed by atoms with van der Waals surface area (Å²) in [5.74, 6) is 0. The molecule has 0 amide bonds. The van der Waals surface area contributed by atoms with Crippen molar-refractivity contribution < 1.29 is 0 Å². The molecule has 0 spiro atoms. The number of hydrogen-bond acceptors (Lipinski definition) is 2. The molecule has 1 saturated heterocycles. The molecule has 1 unspecified atom stereocenters. The first kappa shape index (κ1) is 12.2. The van der Waals surface area contributed by atoms with E-state index in [1.54, 1.807) is 0 Å². The van der Waals surface area contributed by atoms with Gasteiger partial charge < -0.3 is 5.73 Å². The van der Waals surface area contributed by atoms with Crippen LogP contribution in [0.25, 0.3) is 0 Å². The lowest BCUT2D eigenvalue weighted by atomic mass is 9.87. The SMILES string of the molecule is NC1(C2CCCN2Cc2ccccc2)CCCC1. The summed E-state index contributed by atoms with van der Waals surface area (Å²) in [5, 5.41) is 0. The molecule has 2 aliphatic rings. The van der Waals surface area contributed by atoms with Gasteiger partial charge in [0.15, 0.2) is 0 Å². The molecule has 2 nitrogen and oxygen atoms in total. The van der Waals surface area contributed by atoms with Gasteiger partial charge in [0, 0.05) is 18.1 Å². The summed E-state index contributed by atoms with van der Waals surface area (Å²) in [7, 11) is 0. The molecule has 3 rings (SSSR count). The maximum Gasteiger partial charge on any atom is 0.0312 e. The molecule has 0 radical (unpaired) electrons. The summed E-state index contributed by atoms with van der Waals surface area (Å²) in [4.78, 5) is 2.63. The van der Waals surface area contributed by atoms with Crippen LogP contribution in [0.2, 0.25) is 0 Å². The molecule has 0 aromatic heterocycles.